The van der Waals surface area contributed by atoms with Gasteiger partial charge in [-0.1, -0.05) is 0 Å². The van der Waals surface area contributed by atoms with Gasteiger partial charge in [0.05, 0.1) is 36.1 Å². The summed E-state index contributed by atoms with van der Waals surface area (Å²) in [5, 5.41) is 8.98. The van der Waals surface area contributed by atoms with Gasteiger partial charge >= 0.3 is 6.18 Å². The van der Waals surface area contributed by atoms with Crippen LogP contribution in [0.25, 0.3) is 0 Å². The molecule has 3 rings (SSSR count). The molecule has 1 aromatic rings. The third kappa shape index (κ3) is 3.43. The molecule has 124 valence electrons. The molecule has 1 aromatic carbocycles. The Kier molecular flexibility index (Phi) is 4.46. The highest BCUT2D eigenvalue weighted by molar-refractivity contribution is 5.59. The zero-order valence-corrected chi connectivity index (χ0v) is 12.6. The lowest BCUT2D eigenvalue weighted by atomic mass is 10.1. The van der Waals surface area contributed by atoms with Crippen LogP contribution in [0.15, 0.2) is 18.2 Å². The van der Waals surface area contributed by atoms with Gasteiger partial charge in [0.2, 0.25) is 0 Å². The Morgan fingerprint density at radius 2 is 1.91 bits per heavy atom. The van der Waals surface area contributed by atoms with Crippen LogP contribution in [-0.4, -0.2) is 50.3 Å². The molecule has 2 aliphatic heterocycles. The summed E-state index contributed by atoms with van der Waals surface area (Å²) in [5.74, 6) is 0. The van der Waals surface area contributed by atoms with E-state index in [1.54, 1.807) is 4.90 Å². The monoisotopic (exact) mass is 325 g/mol. The summed E-state index contributed by atoms with van der Waals surface area (Å²) < 4.78 is 45.1. The van der Waals surface area contributed by atoms with E-state index in [4.69, 9.17) is 10.00 Å². The maximum Gasteiger partial charge on any atom is 0.418 e. The van der Waals surface area contributed by atoms with Gasteiger partial charge in [-0.15, -0.1) is 0 Å². The summed E-state index contributed by atoms with van der Waals surface area (Å²) in [6.45, 7) is 4.12. The second-order valence-corrected chi connectivity index (χ2v) is 5.88. The quantitative estimate of drug-likeness (QED) is 0.837. The molecule has 0 aliphatic carbocycles. The van der Waals surface area contributed by atoms with Gasteiger partial charge in [-0.3, -0.25) is 4.90 Å². The normalized spacial score (nSPS) is 23.0. The van der Waals surface area contributed by atoms with Gasteiger partial charge in [0, 0.05) is 32.2 Å². The second-order valence-electron chi connectivity index (χ2n) is 5.88. The van der Waals surface area contributed by atoms with E-state index in [1.807, 2.05) is 6.07 Å². The Hall–Kier alpha value is -1.78. The van der Waals surface area contributed by atoms with Crippen LogP contribution in [0.5, 0.6) is 0 Å². The highest BCUT2D eigenvalue weighted by Crippen LogP contribution is 2.38. The number of benzene rings is 1. The van der Waals surface area contributed by atoms with Crippen molar-refractivity contribution in [1.82, 2.24) is 4.90 Å². The molecule has 0 bridgehead atoms. The fourth-order valence-electron chi connectivity index (χ4n) is 3.30. The summed E-state index contributed by atoms with van der Waals surface area (Å²) in [6.07, 6.45) is -3.59. The number of halogens is 3. The Bertz CT molecular complexity index is 606. The topological polar surface area (TPSA) is 39.5 Å². The number of morpholine rings is 1. The Labute approximate surface area is 133 Å². The maximum atomic E-state index is 13.3. The Balaban J connectivity index is 1.82. The minimum atomic E-state index is -4.42. The maximum absolute atomic E-state index is 13.3. The lowest BCUT2D eigenvalue weighted by Gasteiger charge is -2.32. The van der Waals surface area contributed by atoms with Crippen LogP contribution < -0.4 is 4.90 Å². The van der Waals surface area contributed by atoms with E-state index in [2.05, 4.69) is 4.90 Å². The van der Waals surface area contributed by atoms with Crippen molar-refractivity contribution >= 4 is 5.69 Å². The fourth-order valence-corrected chi connectivity index (χ4v) is 3.30. The number of alkyl halides is 3. The largest absolute Gasteiger partial charge is 0.418 e. The number of nitriles is 1. The van der Waals surface area contributed by atoms with Crippen LogP contribution in [-0.2, 0) is 10.9 Å². The second kappa shape index (κ2) is 6.38. The summed E-state index contributed by atoms with van der Waals surface area (Å²) in [4.78, 5) is 4.04. The van der Waals surface area contributed by atoms with Gasteiger partial charge in [-0.2, -0.15) is 18.4 Å². The predicted molar refractivity (Wildman–Crippen MR) is 79.2 cm³/mol. The van der Waals surface area contributed by atoms with Gasteiger partial charge in [-0.05, 0) is 24.6 Å². The first-order chi connectivity index (χ1) is 11.0. The van der Waals surface area contributed by atoms with Gasteiger partial charge in [0.1, 0.15) is 0 Å². The zero-order valence-electron chi connectivity index (χ0n) is 12.6. The Morgan fingerprint density at radius 3 is 2.57 bits per heavy atom. The number of nitrogens with zero attached hydrogens (tertiary/aromatic N) is 3. The first-order valence-electron chi connectivity index (χ1n) is 7.67. The number of rotatable bonds is 2. The Morgan fingerprint density at radius 1 is 1.17 bits per heavy atom. The molecule has 2 heterocycles. The first-order valence-corrected chi connectivity index (χ1v) is 7.67. The highest BCUT2D eigenvalue weighted by Gasteiger charge is 2.37. The van der Waals surface area contributed by atoms with Crippen molar-refractivity contribution in [3.05, 3.63) is 29.3 Å². The van der Waals surface area contributed by atoms with Crippen molar-refractivity contribution in [3.63, 3.8) is 0 Å². The van der Waals surface area contributed by atoms with Gasteiger partial charge in [0.15, 0.2) is 0 Å². The molecule has 0 radical (unpaired) electrons. The molecule has 2 saturated heterocycles. The minimum absolute atomic E-state index is 0.118. The predicted octanol–water partition coefficient (Wildman–Crippen LogP) is 2.49. The van der Waals surface area contributed by atoms with E-state index < -0.39 is 11.7 Å². The standard InChI is InChI=1S/C16H18F3N3O/c17-16(18,19)14-2-1-12(10-20)9-15(14)22-4-3-13(11-22)21-5-7-23-8-6-21/h1-2,9,13H,3-8,11H2/t13-/m0/s1. The van der Waals surface area contributed by atoms with Crippen LogP contribution in [0, 0.1) is 11.3 Å². The number of hydrogen-bond donors (Lipinski definition) is 0. The molecule has 2 fully saturated rings. The van der Waals surface area contributed by atoms with E-state index in [-0.39, 0.29) is 17.3 Å². The lowest BCUT2D eigenvalue weighted by Crippen LogP contribution is -2.44. The SMILES string of the molecule is N#Cc1ccc(C(F)(F)F)c(N2CC[C@H](N3CCOCC3)C2)c1. The molecule has 1 atom stereocenters. The average Bonchev–Trinajstić information content (AvgIpc) is 3.04. The zero-order chi connectivity index (χ0) is 16.4. The molecule has 23 heavy (non-hydrogen) atoms. The minimum Gasteiger partial charge on any atom is -0.379 e. The van der Waals surface area contributed by atoms with Crippen LogP contribution in [0.3, 0.4) is 0 Å². The molecule has 0 aromatic heterocycles. The molecule has 0 amide bonds. The van der Waals surface area contributed by atoms with E-state index in [9.17, 15) is 13.2 Å². The van der Waals surface area contributed by atoms with Crippen LogP contribution in [0.1, 0.15) is 17.5 Å². The van der Waals surface area contributed by atoms with Crippen LogP contribution in [0.2, 0.25) is 0 Å². The molecule has 0 spiro atoms. The molecular weight excluding hydrogens is 307 g/mol. The molecule has 2 aliphatic rings. The van der Waals surface area contributed by atoms with Crippen molar-refractivity contribution in [2.24, 2.45) is 0 Å². The van der Waals surface area contributed by atoms with E-state index in [1.165, 1.54) is 12.1 Å². The number of anilines is 1. The van der Waals surface area contributed by atoms with Crippen molar-refractivity contribution in [3.8, 4) is 6.07 Å². The summed E-state index contributed by atoms with van der Waals surface area (Å²) >= 11 is 0. The van der Waals surface area contributed by atoms with E-state index in [0.29, 0.717) is 26.3 Å². The molecule has 4 nitrogen and oxygen atoms in total. The summed E-state index contributed by atoms with van der Waals surface area (Å²) in [6, 6.07) is 5.75. The summed E-state index contributed by atoms with van der Waals surface area (Å²) in [5.41, 5.74) is -0.297. The van der Waals surface area contributed by atoms with Gasteiger partial charge in [-0.25, -0.2) is 0 Å². The number of hydrogen-bond acceptors (Lipinski definition) is 4. The molecule has 0 saturated carbocycles. The van der Waals surface area contributed by atoms with Gasteiger partial charge < -0.3 is 9.64 Å². The van der Waals surface area contributed by atoms with Crippen molar-refractivity contribution in [2.45, 2.75) is 18.6 Å². The third-order valence-corrected chi connectivity index (χ3v) is 4.50. The fraction of sp³-hybridized carbons (Fsp3) is 0.562. The highest BCUT2D eigenvalue weighted by atomic mass is 19.4. The molecule has 7 heteroatoms. The van der Waals surface area contributed by atoms with Crippen molar-refractivity contribution in [2.75, 3.05) is 44.3 Å². The van der Waals surface area contributed by atoms with E-state index >= 15 is 0 Å². The van der Waals surface area contributed by atoms with Crippen molar-refractivity contribution in [1.29, 1.82) is 5.26 Å². The first kappa shape index (κ1) is 16.1. The molecule has 0 unspecified atom stereocenters. The average molecular weight is 325 g/mol. The lowest BCUT2D eigenvalue weighted by molar-refractivity contribution is -0.137. The summed E-state index contributed by atoms with van der Waals surface area (Å²) in [7, 11) is 0. The van der Waals surface area contributed by atoms with Crippen LogP contribution in [0.4, 0.5) is 18.9 Å². The third-order valence-electron chi connectivity index (χ3n) is 4.50. The number of ether oxygens (including phenoxy) is 1. The molecular formula is C16H18F3N3O. The van der Waals surface area contributed by atoms with Crippen molar-refractivity contribution < 1.29 is 17.9 Å². The van der Waals surface area contributed by atoms with Gasteiger partial charge in [0.25, 0.3) is 0 Å². The van der Waals surface area contributed by atoms with E-state index in [0.717, 1.165) is 25.6 Å². The smallest absolute Gasteiger partial charge is 0.379 e. The van der Waals surface area contributed by atoms with Crippen LogP contribution >= 0.6 is 0 Å². The molecule has 0 N–H and O–H groups in total.